The van der Waals surface area contributed by atoms with Crippen molar-refractivity contribution in [1.29, 1.82) is 5.26 Å². The molecule has 20 heavy (non-hydrogen) atoms. The Bertz CT molecular complexity index is 553. The van der Waals surface area contributed by atoms with Crippen LogP contribution in [0.5, 0.6) is 0 Å². The number of hydrogen-bond acceptors (Lipinski definition) is 6. The first-order valence-corrected chi connectivity index (χ1v) is 5.66. The van der Waals surface area contributed by atoms with Crippen LogP contribution in [-0.2, 0) is 9.53 Å². The van der Waals surface area contributed by atoms with Crippen molar-refractivity contribution in [3.8, 4) is 6.07 Å². The van der Waals surface area contributed by atoms with E-state index in [9.17, 15) is 14.9 Å². The molecule has 8 nitrogen and oxygen atoms in total. The number of ether oxygens (including phenoxy) is 1. The van der Waals surface area contributed by atoms with Gasteiger partial charge in [-0.2, -0.15) is 5.26 Å². The average Bonchev–Trinajstić information content (AvgIpc) is 2.42. The maximum absolute atomic E-state index is 11.0. The van der Waals surface area contributed by atoms with Crippen LogP contribution in [0.4, 0.5) is 11.4 Å². The lowest BCUT2D eigenvalue weighted by Crippen LogP contribution is -2.30. The molecular formula is C12H13N3O5. The molecule has 8 heteroatoms. The van der Waals surface area contributed by atoms with Gasteiger partial charge in [-0.05, 0) is 12.1 Å². The fourth-order valence-corrected chi connectivity index (χ4v) is 1.56. The highest BCUT2D eigenvalue weighted by molar-refractivity contribution is 5.77. The molecule has 0 amide bonds. The number of nitrogens with one attached hydrogen (secondary N) is 1. The van der Waals surface area contributed by atoms with Crippen molar-refractivity contribution >= 4 is 17.3 Å². The maximum Gasteiger partial charge on any atom is 0.326 e. The number of methoxy groups -OCH3 is 1. The molecule has 0 saturated heterocycles. The number of hydrogen-bond donors (Lipinski definition) is 2. The van der Waals surface area contributed by atoms with E-state index < -0.39 is 16.9 Å². The number of nitrogens with zero attached hydrogens (tertiary/aromatic N) is 2. The summed E-state index contributed by atoms with van der Waals surface area (Å²) in [5.41, 5.74) is -0.183. The number of carboxylic acid groups (broad SMARTS) is 1. The zero-order valence-electron chi connectivity index (χ0n) is 10.7. The van der Waals surface area contributed by atoms with Gasteiger partial charge in [-0.15, -0.1) is 0 Å². The van der Waals surface area contributed by atoms with E-state index in [0.717, 1.165) is 6.07 Å². The molecular weight excluding hydrogens is 266 g/mol. The third-order valence-electron chi connectivity index (χ3n) is 2.56. The van der Waals surface area contributed by atoms with Crippen molar-refractivity contribution in [2.24, 2.45) is 0 Å². The topological polar surface area (TPSA) is 125 Å². The Morgan fingerprint density at radius 2 is 2.35 bits per heavy atom. The van der Waals surface area contributed by atoms with E-state index in [2.05, 4.69) is 5.32 Å². The summed E-state index contributed by atoms with van der Waals surface area (Å²) in [6.45, 7) is 0.238. The minimum atomic E-state index is -1.09. The van der Waals surface area contributed by atoms with Crippen molar-refractivity contribution in [2.45, 2.75) is 12.5 Å². The SMILES string of the molecule is COCCC(Nc1ccc(C#N)c([N+](=O)[O-])c1)C(=O)O. The molecule has 1 rings (SSSR count). The molecule has 0 spiro atoms. The molecule has 0 fully saturated rings. The molecule has 2 N–H and O–H groups in total. The number of nitriles is 1. The van der Waals surface area contributed by atoms with Gasteiger partial charge in [0.15, 0.2) is 0 Å². The van der Waals surface area contributed by atoms with E-state index in [4.69, 9.17) is 15.1 Å². The summed E-state index contributed by atoms with van der Waals surface area (Å²) in [7, 11) is 1.45. The van der Waals surface area contributed by atoms with E-state index in [1.165, 1.54) is 19.2 Å². The number of carbonyl (C=O) groups is 1. The summed E-state index contributed by atoms with van der Waals surface area (Å²) in [5.74, 6) is -1.09. The van der Waals surface area contributed by atoms with Crippen LogP contribution in [0.1, 0.15) is 12.0 Å². The lowest BCUT2D eigenvalue weighted by atomic mass is 10.1. The lowest BCUT2D eigenvalue weighted by Gasteiger charge is -2.15. The highest BCUT2D eigenvalue weighted by atomic mass is 16.6. The summed E-state index contributed by atoms with van der Waals surface area (Å²) in [6, 6.07) is 4.62. The molecule has 0 aliphatic heterocycles. The molecule has 0 saturated carbocycles. The third kappa shape index (κ3) is 3.93. The van der Waals surface area contributed by atoms with Crippen LogP contribution in [0.25, 0.3) is 0 Å². The normalized spacial score (nSPS) is 11.4. The highest BCUT2D eigenvalue weighted by Gasteiger charge is 2.19. The minimum absolute atomic E-state index is 0.0793. The van der Waals surface area contributed by atoms with Crippen molar-refractivity contribution in [1.82, 2.24) is 0 Å². The number of aliphatic carboxylic acids is 1. The molecule has 0 aliphatic rings. The van der Waals surface area contributed by atoms with Crippen LogP contribution in [-0.4, -0.2) is 35.8 Å². The van der Waals surface area contributed by atoms with Gasteiger partial charge < -0.3 is 15.2 Å². The predicted molar refractivity (Wildman–Crippen MR) is 69.4 cm³/mol. The van der Waals surface area contributed by atoms with Gasteiger partial charge in [-0.1, -0.05) is 0 Å². The largest absolute Gasteiger partial charge is 0.480 e. The fourth-order valence-electron chi connectivity index (χ4n) is 1.56. The number of rotatable bonds is 7. The van der Waals surface area contributed by atoms with Gasteiger partial charge in [0.25, 0.3) is 5.69 Å². The molecule has 0 heterocycles. The van der Waals surface area contributed by atoms with Crippen LogP contribution in [0, 0.1) is 21.4 Å². The number of nitro groups is 1. The van der Waals surface area contributed by atoms with Crippen molar-refractivity contribution < 1.29 is 19.6 Å². The summed E-state index contributed by atoms with van der Waals surface area (Å²) < 4.78 is 4.80. The van der Waals surface area contributed by atoms with Gasteiger partial charge in [0.1, 0.15) is 17.7 Å². The lowest BCUT2D eigenvalue weighted by molar-refractivity contribution is -0.385. The van der Waals surface area contributed by atoms with Gasteiger partial charge in [0.05, 0.1) is 4.92 Å². The quantitative estimate of drug-likeness (QED) is 0.570. The smallest absolute Gasteiger partial charge is 0.326 e. The van der Waals surface area contributed by atoms with Gasteiger partial charge in [0, 0.05) is 31.9 Å². The van der Waals surface area contributed by atoms with E-state index in [1.54, 1.807) is 6.07 Å². The molecule has 0 aromatic heterocycles. The summed E-state index contributed by atoms with van der Waals surface area (Å²) in [6.07, 6.45) is 0.208. The predicted octanol–water partition coefficient (Wildman–Crippen LogP) is 1.37. The maximum atomic E-state index is 11.0. The molecule has 0 radical (unpaired) electrons. The molecule has 0 bridgehead atoms. The fraction of sp³-hybridized carbons (Fsp3) is 0.333. The first-order valence-electron chi connectivity index (χ1n) is 5.66. The van der Waals surface area contributed by atoms with E-state index in [-0.39, 0.29) is 30.0 Å². The van der Waals surface area contributed by atoms with Crippen LogP contribution in [0.2, 0.25) is 0 Å². The monoisotopic (exact) mass is 279 g/mol. The second-order valence-corrected chi connectivity index (χ2v) is 3.92. The van der Waals surface area contributed by atoms with Crippen LogP contribution in [0.15, 0.2) is 18.2 Å². The van der Waals surface area contributed by atoms with Crippen LogP contribution < -0.4 is 5.32 Å². The Kier molecular flexibility index (Phi) is 5.43. The summed E-state index contributed by atoms with van der Waals surface area (Å²) >= 11 is 0. The van der Waals surface area contributed by atoms with Gasteiger partial charge in [-0.3, -0.25) is 10.1 Å². The number of anilines is 1. The molecule has 1 aromatic rings. The average molecular weight is 279 g/mol. The van der Waals surface area contributed by atoms with Crippen LogP contribution >= 0.6 is 0 Å². The molecule has 106 valence electrons. The van der Waals surface area contributed by atoms with E-state index in [1.807, 2.05) is 0 Å². The highest BCUT2D eigenvalue weighted by Crippen LogP contribution is 2.23. The van der Waals surface area contributed by atoms with Gasteiger partial charge in [-0.25, -0.2) is 4.79 Å². The second kappa shape index (κ2) is 7.06. The Morgan fingerprint density at radius 1 is 1.65 bits per heavy atom. The molecule has 1 unspecified atom stereocenters. The van der Waals surface area contributed by atoms with Crippen molar-refractivity contribution in [2.75, 3.05) is 19.0 Å². The summed E-state index contributed by atoms with van der Waals surface area (Å²) in [5, 5.41) is 31.3. The first kappa shape index (κ1) is 15.4. The Morgan fingerprint density at radius 3 is 2.85 bits per heavy atom. The summed E-state index contributed by atoms with van der Waals surface area (Å²) in [4.78, 5) is 21.2. The number of carboxylic acids is 1. The van der Waals surface area contributed by atoms with Crippen molar-refractivity contribution in [3.63, 3.8) is 0 Å². The standard InChI is InChI=1S/C12H13N3O5/c1-20-5-4-10(12(16)17)14-9-3-2-8(7-13)11(6-9)15(18)19/h2-3,6,10,14H,4-5H2,1H3,(H,16,17). The van der Waals surface area contributed by atoms with Gasteiger partial charge >= 0.3 is 5.97 Å². The Hall–Kier alpha value is -2.66. The minimum Gasteiger partial charge on any atom is -0.480 e. The van der Waals surface area contributed by atoms with Crippen LogP contribution in [0.3, 0.4) is 0 Å². The first-order chi connectivity index (χ1) is 9.49. The van der Waals surface area contributed by atoms with Crippen molar-refractivity contribution in [3.05, 3.63) is 33.9 Å². The Labute approximate surface area is 114 Å². The molecule has 1 atom stereocenters. The Balaban J connectivity index is 2.96. The zero-order valence-corrected chi connectivity index (χ0v) is 10.7. The second-order valence-electron chi connectivity index (χ2n) is 3.92. The van der Waals surface area contributed by atoms with E-state index >= 15 is 0 Å². The molecule has 0 aliphatic carbocycles. The molecule has 1 aromatic carbocycles. The third-order valence-corrected chi connectivity index (χ3v) is 2.56. The van der Waals surface area contributed by atoms with Gasteiger partial charge in [0.2, 0.25) is 0 Å². The van der Waals surface area contributed by atoms with E-state index in [0.29, 0.717) is 0 Å². The number of benzene rings is 1. The zero-order chi connectivity index (χ0) is 15.1. The number of nitro benzene ring substituents is 1.